The Labute approximate surface area is 90.6 Å². The third-order valence-electron chi connectivity index (χ3n) is 3.97. The predicted molar refractivity (Wildman–Crippen MR) is 58.7 cm³/mol. The zero-order chi connectivity index (χ0) is 10.3. The SMILES string of the molecule is O=C1[C@@H]2CCCC[C@@H]2N=C2CCCCN12. The van der Waals surface area contributed by atoms with Crippen molar-refractivity contribution in [2.75, 3.05) is 6.54 Å². The van der Waals surface area contributed by atoms with Crippen molar-refractivity contribution in [1.82, 2.24) is 4.90 Å². The monoisotopic (exact) mass is 206 g/mol. The van der Waals surface area contributed by atoms with E-state index in [0.717, 1.165) is 38.1 Å². The molecule has 2 heterocycles. The van der Waals surface area contributed by atoms with Gasteiger partial charge in [-0.1, -0.05) is 12.8 Å². The molecular formula is C12H18N2O. The van der Waals surface area contributed by atoms with Crippen molar-refractivity contribution in [2.45, 2.75) is 51.0 Å². The number of amidine groups is 1. The Morgan fingerprint density at radius 3 is 2.93 bits per heavy atom. The summed E-state index contributed by atoms with van der Waals surface area (Å²) in [7, 11) is 0. The molecule has 0 aromatic heterocycles. The van der Waals surface area contributed by atoms with Crippen molar-refractivity contribution in [3.63, 3.8) is 0 Å². The fraction of sp³-hybridized carbons (Fsp3) is 0.833. The number of carbonyl (C=O) groups is 1. The van der Waals surface area contributed by atoms with E-state index >= 15 is 0 Å². The Kier molecular flexibility index (Phi) is 2.26. The molecule has 3 nitrogen and oxygen atoms in total. The van der Waals surface area contributed by atoms with Crippen LogP contribution in [0.3, 0.4) is 0 Å². The fourth-order valence-corrected chi connectivity index (χ4v) is 3.13. The Balaban J connectivity index is 1.90. The predicted octanol–water partition coefficient (Wildman–Crippen LogP) is 1.97. The second-order valence-corrected chi connectivity index (χ2v) is 4.95. The maximum Gasteiger partial charge on any atom is 0.233 e. The maximum atomic E-state index is 12.2. The van der Waals surface area contributed by atoms with Gasteiger partial charge >= 0.3 is 0 Å². The van der Waals surface area contributed by atoms with Gasteiger partial charge in [-0.25, -0.2) is 0 Å². The van der Waals surface area contributed by atoms with Crippen molar-refractivity contribution in [3.05, 3.63) is 0 Å². The van der Waals surface area contributed by atoms with Crippen LogP contribution in [-0.2, 0) is 4.79 Å². The van der Waals surface area contributed by atoms with Gasteiger partial charge in [0.1, 0.15) is 5.84 Å². The van der Waals surface area contributed by atoms with E-state index in [1.165, 1.54) is 19.3 Å². The largest absolute Gasteiger partial charge is 0.300 e. The van der Waals surface area contributed by atoms with Gasteiger partial charge in [-0.2, -0.15) is 0 Å². The molecule has 0 bridgehead atoms. The molecule has 3 heteroatoms. The first-order chi connectivity index (χ1) is 7.36. The van der Waals surface area contributed by atoms with Gasteiger partial charge in [0.25, 0.3) is 0 Å². The number of nitrogens with zero attached hydrogens (tertiary/aromatic N) is 2. The van der Waals surface area contributed by atoms with Gasteiger partial charge in [0.15, 0.2) is 0 Å². The van der Waals surface area contributed by atoms with E-state index in [0.29, 0.717) is 11.9 Å². The number of rotatable bonds is 0. The summed E-state index contributed by atoms with van der Waals surface area (Å²) in [6.07, 6.45) is 8.05. The van der Waals surface area contributed by atoms with Crippen molar-refractivity contribution in [3.8, 4) is 0 Å². The molecule has 0 spiro atoms. The quantitative estimate of drug-likeness (QED) is 0.596. The van der Waals surface area contributed by atoms with Crippen LogP contribution in [0.5, 0.6) is 0 Å². The first kappa shape index (κ1) is 9.37. The minimum atomic E-state index is 0.223. The lowest BCUT2D eigenvalue weighted by molar-refractivity contribution is -0.134. The van der Waals surface area contributed by atoms with Crippen LogP contribution >= 0.6 is 0 Å². The molecule has 15 heavy (non-hydrogen) atoms. The summed E-state index contributed by atoms with van der Waals surface area (Å²) in [4.78, 5) is 19.0. The lowest BCUT2D eigenvalue weighted by atomic mass is 9.82. The summed E-state index contributed by atoms with van der Waals surface area (Å²) in [6.45, 7) is 0.918. The maximum absolute atomic E-state index is 12.2. The van der Waals surface area contributed by atoms with Crippen molar-refractivity contribution in [2.24, 2.45) is 10.9 Å². The molecule has 3 aliphatic rings. The molecule has 0 aromatic carbocycles. The highest BCUT2D eigenvalue weighted by Gasteiger charge is 2.39. The van der Waals surface area contributed by atoms with Crippen LogP contribution in [0, 0.1) is 5.92 Å². The lowest BCUT2D eigenvalue weighted by Crippen LogP contribution is -2.51. The summed E-state index contributed by atoms with van der Waals surface area (Å²) < 4.78 is 0. The van der Waals surface area contributed by atoms with Gasteiger partial charge in [0.05, 0.1) is 12.0 Å². The van der Waals surface area contributed by atoms with Crippen LogP contribution in [-0.4, -0.2) is 29.2 Å². The minimum absolute atomic E-state index is 0.223. The molecule has 2 atom stereocenters. The number of piperidine rings is 1. The number of carbonyl (C=O) groups excluding carboxylic acids is 1. The highest BCUT2D eigenvalue weighted by molar-refractivity contribution is 6.01. The lowest BCUT2D eigenvalue weighted by Gasteiger charge is -2.40. The van der Waals surface area contributed by atoms with Crippen molar-refractivity contribution >= 4 is 11.7 Å². The van der Waals surface area contributed by atoms with Crippen LogP contribution in [0.15, 0.2) is 4.99 Å². The summed E-state index contributed by atoms with van der Waals surface area (Å²) in [5.74, 6) is 1.69. The number of aliphatic imine (C=N–C) groups is 1. The smallest absolute Gasteiger partial charge is 0.233 e. The highest BCUT2D eigenvalue weighted by atomic mass is 16.2. The molecule has 1 amide bonds. The molecule has 0 aromatic rings. The standard InChI is InChI=1S/C12H18N2O/c15-12-9-5-1-2-6-10(9)13-11-7-3-4-8-14(11)12/h9-10H,1-8H2/t9-,10+/m1/s1. The number of hydrogen-bond acceptors (Lipinski definition) is 2. The van der Waals surface area contributed by atoms with E-state index in [-0.39, 0.29) is 5.92 Å². The van der Waals surface area contributed by atoms with Crippen LogP contribution in [0.25, 0.3) is 0 Å². The second kappa shape index (κ2) is 3.62. The van der Waals surface area contributed by atoms with Gasteiger partial charge in [-0.3, -0.25) is 9.79 Å². The van der Waals surface area contributed by atoms with E-state index in [1.807, 2.05) is 4.90 Å². The zero-order valence-electron chi connectivity index (χ0n) is 9.11. The average molecular weight is 206 g/mol. The molecule has 1 aliphatic carbocycles. The molecule has 2 fully saturated rings. The molecule has 82 valence electrons. The molecule has 3 rings (SSSR count). The Hall–Kier alpha value is -0.860. The molecule has 1 saturated heterocycles. The average Bonchev–Trinajstić information content (AvgIpc) is 2.30. The number of hydrogen-bond donors (Lipinski definition) is 0. The van der Waals surface area contributed by atoms with Crippen molar-refractivity contribution < 1.29 is 4.79 Å². The van der Waals surface area contributed by atoms with E-state index in [1.54, 1.807) is 0 Å². The normalized spacial score (nSPS) is 35.6. The van der Waals surface area contributed by atoms with E-state index in [2.05, 4.69) is 0 Å². The van der Waals surface area contributed by atoms with E-state index in [9.17, 15) is 4.79 Å². The van der Waals surface area contributed by atoms with Gasteiger partial charge in [0, 0.05) is 13.0 Å². The Morgan fingerprint density at radius 2 is 2.00 bits per heavy atom. The van der Waals surface area contributed by atoms with Crippen molar-refractivity contribution in [1.29, 1.82) is 0 Å². The fourth-order valence-electron chi connectivity index (χ4n) is 3.13. The van der Waals surface area contributed by atoms with Gasteiger partial charge < -0.3 is 4.90 Å². The number of amides is 1. The molecule has 2 aliphatic heterocycles. The van der Waals surface area contributed by atoms with Gasteiger partial charge in [0.2, 0.25) is 5.91 Å². The van der Waals surface area contributed by atoms with Crippen LogP contribution in [0.4, 0.5) is 0 Å². The molecular weight excluding hydrogens is 188 g/mol. The topological polar surface area (TPSA) is 32.7 Å². The zero-order valence-corrected chi connectivity index (χ0v) is 9.11. The summed E-state index contributed by atoms with van der Waals surface area (Å²) in [6, 6.07) is 0.329. The highest BCUT2D eigenvalue weighted by Crippen LogP contribution is 2.33. The van der Waals surface area contributed by atoms with Crippen LogP contribution in [0.1, 0.15) is 44.9 Å². The van der Waals surface area contributed by atoms with E-state index < -0.39 is 0 Å². The second-order valence-electron chi connectivity index (χ2n) is 4.95. The van der Waals surface area contributed by atoms with Gasteiger partial charge in [-0.05, 0) is 25.7 Å². The summed E-state index contributed by atoms with van der Waals surface area (Å²) in [5.41, 5.74) is 0. The molecule has 0 radical (unpaired) electrons. The van der Waals surface area contributed by atoms with Gasteiger partial charge in [-0.15, -0.1) is 0 Å². The summed E-state index contributed by atoms with van der Waals surface area (Å²) >= 11 is 0. The Bertz CT molecular complexity index is 311. The first-order valence-electron chi connectivity index (χ1n) is 6.24. The number of fused-ring (bicyclic) bond motifs is 2. The third-order valence-corrected chi connectivity index (χ3v) is 3.97. The minimum Gasteiger partial charge on any atom is -0.300 e. The summed E-state index contributed by atoms with van der Waals surface area (Å²) in [5, 5.41) is 0. The van der Waals surface area contributed by atoms with Crippen LogP contribution in [0.2, 0.25) is 0 Å². The van der Waals surface area contributed by atoms with E-state index in [4.69, 9.17) is 4.99 Å². The van der Waals surface area contributed by atoms with Crippen LogP contribution < -0.4 is 0 Å². The third kappa shape index (κ3) is 1.48. The Morgan fingerprint density at radius 1 is 1.13 bits per heavy atom. The first-order valence-corrected chi connectivity index (χ1v) is 6.24. The molecule has 1 saturated carbocycles. The molecule has 0 unspecified atom stereocenters. The molecule has 0 N–H and O–H groups in total.